The monoisotopic (exact) mass is 254 g/mol. The lowest BCUT2D eigenvalue weighted by Gasteiger charge is -2.22. The predicted octanol–water partition coefficient (Wildman–Crippen LogP) is 3.70. The molecule has 2 unspecified atom stereocenters. The Kier molecular flexibility index (Phi) is 5.12. The van der Waals surface area contributed by atoms with Crippen LogP contribution in [0.5, 0.6) is 0 Å². The molecule has 0 aromatic carbocycles. The van der Waals surface area contributed by atoms with Crippen molar-refractivity contribution in [1.82, 2.24) is 4.98 Å². The fourth-order valence-corrected chi connectivity index (χ4v) is 2.64. The van der Waals surface area contributed by atoms with Crippen LogP contribution in [-0.2, 0) is 0 Å². The van der Waals surface area contributed by atoms with Gasteiger partial charge in [-0.2, -0.15) is 0 Å². The van der Waals surface area contributed by atoms with E-state index >= 15 is 0 Å². The van der Waals surface area contributed by atoms with E-state index in [0.29, 0.717) is 12.0 Å². The van der Waals surface area contributed by atoms with Gasteiger partial charge in [0.15, 0.2) is 11.4 Å². The lowest BCUT2D eigenvalue weighted by atomic mass is 10.0. The topological polar surface area (TPSA) is 33.2 Å². The van der Waals surface area contributed by atoms with E-state index in [1.54, 1.807) is 0 Å². The summed E-state index contributed by atoms with van der Waals surface area (Å²) in [7, 11) is 2.04. The van der Waals surface area contributed by atoms with Crippen molar-refractivity contribution in [2.24, 2.45) is 0 Å². The average molecular weight is 254 g/mol. The Morgan fingerprint density at radius 1 is 1.35 bits per heavy atom. The molecule has 0 amide bonds. The molecule has 0 aliphatic rings. The molecule has 0 bridgehead atoms. The number of rotatable bonds is 6. The van der Waals surface area contributed by atoms with Gasteiger partial charge in [0, 0.05) is 13.1 Å². The van der Waals surface area contributed by atoms with Crippen LogP contribution in [0, 0.1) is 0 Å². The van der Waals surface area contributed by atoms with Crippen LogP contribution >= 0.6 is 11.3 Å². The van der Waals surface area contributed by atoms with Gasteiger partial charge in [0.25, 0.3) is 0 Å². The molecule has 0 fully saturated rings. The lowest BCUT2D eigenvalue weighted by molar-refractivity contribution is 0.112. The fraction of sp³-hybridized carbons (Fsp3) is 0.692. The van der Waals surface area contributed by atoms with Gasteiger partial charge in [0.2, 0.25) is 0 Å². The second kappa shape index (κ2) is 6.15. The molecule has 0 spiro atoms. The number of thiazole rings is 1. The van der Waals surface area contributed by atoms with Crippen LogP contribution in [-0.4, -0.2) is 24.4 Å². The molecule has 0 aliphatic heterocycles. The van der Waals surface area contributed by atoms with Crippen molar-refractivity contribution in [1.29, 1.82) is 0 Å². The van der Waals surface area contributed by atoms with Gasteiger partial charge in [-0.3, -0.25) is 4.79 Å². The summed E-state index contributed by atoms with van der Waals surface area (Å²) < 4.78 is 0. The third-order valence-electron chi connectivity index (χ3n) is 3.41. The maximum atomic E-state index is 11.1. The molecule has 17 heavy (non-hydrogen) atoms. The highest BCUT2D eigenvalue weighted by Gasteiger charge is 2.19. The van der Waals surface area contributed by atoms with Crippen LogP contribution in [0.4, 0.5) is 5.13 Å². The van der Waals surface area contributed by atoms with Gasteiger partial charge in [-0.15, -0.1) is 0 Å². The summed E-state index contributed by atoms with van der Waals surface area (Å²) in [5.74, 6) is 0.352. The summed E-state index contributed by atoms with van der Waals surface area (Å²) >= 11 is 1.50. The van der Waals surface area contributed by atoms with Crippen LogP contribution in [0.3, 0.4) is 0 Å². The van der Waals surface area contributed by atoms with Gasteiger partial charge in [-0.05, 0) is 25.7 Å². The fourth-order valence-electron chi connectivity index (χ4n) is 1.58. The zero-order valence-electron chi connectivity index (χ0n) is 11.4. The highest BCUT2D eigenvalue weighted by atomic mass is 32.1. The molecule has 1 aromatic heterocycles. The van der Waals surface area contributed by atoms with Gasteiger partial charge >= 0.3 is 0 Å². The molecule has 1 heterocycles. The SMILES string of the molecule is CCC(C)c1nc(N(C)C(C)CC)sc1C=O. The van der Waals surface area contributed by atoms with Crippen molar-refractivity contribution in [3.8, 4) is 0 Å². The van der Waals surface area contributed by atoms with E-state index in [-0.39, 0.29) is 0 Å². The summed E-state index contributed by atoms with van der Waals surface area (Å²) in [6.07, 6.45) is 3.02. The standard InChI is InChI=1S/C13H22N2OS/c1-6-9(3)12-11(8-16)17-13(14-12)15(5)10(4)7-2/h8-10H,6-7H2,1-5H3. The first kappa shape index (κ1) is 14.2. The third-order valence-corrected chi connectivity index (χ3v) is 4.50. The normalized spacial score (nSPS) is 14.4. The first-order chi connectivity index (χ1) is 8.04. The van der Waals surface area contributed by atoms with Gasteiger partial charge in [0.05, 0.1) is 10.6 Å². The summed E-state index contributed by atoms with van der Waals surface area (Å²) in [5, 5.41) is 0.955. The largest absolute Gasteiger partial charge is 0.348 e. The van der Waals surface area contributed by atoms with Gasteiger partial charge in [-0.1, -0.05) is 32.1 Å². The van der Waals surface area contributed by atoms with Crippen LogP contribution in [0.15, 0.2) is 0 Å². The molecular weight excluding hydrogens is 232 g/mol. The smallest absolute Gasteiger partial charge is 0.186 e. The van der Waals surface area contributed by atoms with Gasteiger partial charge in [-0.25, -0.2) is 4.98 Å². The second-order valence-corrected chi connectivity index (χ2v) is 5.55. The van der Waals surface area contributed by atoms with Gasteiger partial charge < -0.3 is 4.90 Å². The predicted molar refractivity (Wildman–Crippen MR) is 74.4 cm³/mol. The van der Waals surface area contributed by atoms with E-state index in [2.05, 4.69) is 37.6 Å². The molecule has 0 saturated heterocycles. The molecule has 1 rings (SSSR count). The van der Waals surface area contributed by atoms with Gasteiger partial charge in [0.1, 0.15) is 0 Å². The molecule has 0 saturated carbocycles. The molecule has 0 aliphatic carbocycles. The lowest BCUT2D eigenvalue weighted by Crippen LogP contribution is -2.27. The molecule has 3 nitrogen and oxygen atoms in total. The first-order valence-electron chi connectivity index (χ1n) is 6.23. The van der Waals surface area contributed by atoms with E-state index in [1.807, 2.05) is 7.05 Å². The Morgan fingerprint density at radius 2 is 2.00 bits per heavy atom. The Morgan fingerprint density at radius 3 is 2.47 bits per heavy atom. The Bertz CT molecular complexity index is 375. The van der Waals surface area contributed by atoms with E-state index < -0.39 is 0 Å². The number of carbonyl (C=O) groups excluding carboxylic acids is 1. The van der Waals surface area contributed by atoms with Crippen molar-refractivity contribution in [2.45, 2.75) is 52.5 Å². The van der Waals surface area contributed by atoms with Crippen molar-refractivity contribution in [3.05, 3.63) is 10.6 Å². The third kappa shape index (κ3) is 3.06. The minimum atomic E-state index is 0.352. The maximum Gasteiger partial charge on any atom is 0.186 e. The van der Waals surface area contributed by atoms with Crippen LogP contribution in [0.25, 0.3) is 0 Å². The van der Waals surface area contributed by atoms with Crippen molar-refractivity contribution in [3.63, 3.8) is 0 Å². The summed E-state index contributed by atoms with van der Waals surface area (Å²) in [5.41, 5.74) is 0.956. The Hall–Kier alpha value is -0.900. The van der Waals surface area contributed by atoms with Crippen molar-refractivity contribution < 1.29 is 4.79 Å². The molecule has 96 valence electrons. The molecule has 1 aromatic rings. The van der Waals surface area contributed by atoms with Crippen LogP contribution < -0.4 is 4.90 Å². The minimum absolute atomic E-state index is 0.352. The number of nitrogens with zero attached hydrogens (tertiary/aromatic N) is 2. The molecule has 0 radical (unpaired) electrons. The number of aldehydes is 1. The minimum Gasteiger partial charge on any atom is -0.348 e. The second-order valence-electron chi connectivity index (χ2n) is 4.54. The average Bonchev–Trinajstić information content (AvgIpc) is 2.79. The zero-order valence-corrected chi connectivity index (χ0v) is 12.2. The number of hydrogen-bond donors (Lipinski definition) is 0. The number of hydrogen-bond acceptors (Lipinski definition) is 4. The van der Waals surface area contributed by atoms with Crippen molar-refractivity contribution >= 4 is 22.8 Å². The first-order valence-corrected chi connectivity index (χ1v) is 7.05. The van der Waals surface area contributed by atoms with E-state index in [1.165, 1.54) is 11.3 Å². The Balaban J connectivity index is 3.03. The van der Waals surface area contributed by atoms with E-state index in [9.17, 15) is 4.79 Å². The van der Waals surface area contributed by atoms with Crippen LogP contribution in [0.2, 0.25) is 0 Å². The number of aromatic nitrogens is 1. The highest BCUT2D eigenvalue weighted by molar-refractivity contribution is 7.17. The number of anilines is 1. The summed E-state index contributed by atoms with van der Waals surface area (Å²) in [6.45, 7) is 8.57. The summed E-state index contributed by atoms with van der Waals surface area (Å²) in [4.78, 5) is 18.6. The number of carbonyl (C=O) groups is 1. The maximum absolute atomic E-state index is 11.1. The molecule has 4 heteroatoms. The quantitative estimate of drug-likeness (QED) is 0.726. The molecule has 2 atom stereocenters. The van der Waals surface area contributed by atoms with E-state index in [4.69, 9.17) is 0 Å². The Labute approximate surface area is 108 Å². The molecular formula is C13H22N2OS. The summed E-state index contributed by atoms with van der Waals surface area (Å²) in [6, 6.07) is 0.449. The zero-order chi connectivity index (χ0) is 13.0. The molecule has 0 N–H and O–H groups in total. The highest BCUT2D eigenvalue weighted by Crippen LogP contribution is 2.31. The van der Waals surface area contributed by atoms with Crippen molar-refractivity contribution in [2.75, 3.05) is 11.9 Å². The van der Waals surface area contributed by atoms with Crippen LogP contribution in [0.1, 0.15) is 61.8 Å². The van der Waals surface area contributed by atoms with E-state index in [0.717, 1.165) is 34.8 Å².